The van der Waals surface area contributed by atoms with Gasteiger partial charge in [0.05, 0.1) is 13.2 Å². The van der Waals surface area contributed by atoms with Crippen molar-refractivity contribution >= 4 is 5.97 Å². The van der Waals surface area contributed by atoms with Crippen molar-refractivity contribution in [2.75, 3.05) is 13.7 Å². The van der Waals surface area contributed by atoms with E-state index in [0.29, 0.717) is 5.76 Å². The zero-order chi connectivity index (χ0) is 15.2. The molecule has 1 unspecified atom stereocenters. The highest BCUT2D eigenvalue weighted by Crippen LogP contribution is 2.24. The van der Waals surface area contributed by atoms with E-state index in [1.165, 1.54) is 12.7 Å². The van der Waals surface area contributed by atoms with Crippen LogP contribution in [0.15, 0.2) is 40.8 Å². The molecule has 112 valence electrons. The molecule has 1 N–H and O–H groups in total. The lowest BCUT2D eigenvalue weighted by atomic mass is 10.0. The number of ether oxygens (including phenoxy) is 1. The van der Waals surface area contributed by atoms with Gasteiger partial charge in [-0.3, -0.25) is 0 Å². The summed E-state index contributed by atoms with van der Waals surface area (Å²) < 4.78 is 10.3. The maximum atomic E-state index is 11.5. The molecule has 4 nitrogen and oxygen atoms in total. The van der Waals surface area contributed by atoms with Crippen LogP contribution in [-0.2, 0) is 4.74 Å². The van der Waals surface area contributed by atoms with Gasteiger partial charge in [-0.1, -0.05) is 36.8 Å². The van der Waals surface area contributed by atoms with Crippen LogP contribution in [0.4, 0.5) is 0 Å². The molecule has 0 spiro atoms. The summed E-state index contributed by atoms with van der Waals surface area (Å²) in [6.45, 7) is 5.04. The molecule has 0 aliphatic rings. The van der Waals surface area contributed by atoms with Crippen LogP contribution in [0, 0.1) is 6.92 Å². The summed E-state index contributed by atoms with van der Waals surface area (Å²) in [4.78, 5) is 11.5. The van der Waals surface area contributed by atoms with Crippen molar-refractivity contribution in [1.29, 1.82) is 0 Å². The zero-order valence-electron chi connectivity index (χ0n) is 12.7. The highest BCUT2D eigenvalue weighted by atomic mass is 16.5. The van der Waals surface area contributed by atoms with Gasteiger partial charge in [0.1, 0.15) is 5.76 Å². The van der Waals surface area contributed by atoms with Gasteiger partial charge in [0.25, 0.3) is 0 Å². The third-order valence-electron chi connectivity index (χ3n) is 3.31. The van der Waals surface area contributed by atoms with E-state index in [1.54, 1.807) is 6.07 Å². The maximum Gasteiger partial charge on any atom is 0.373 e. The number of benzene rings is 1. The Balaban J connectivity index is 2.29. The molecule has 0 amide bonds. The van der Waals surface area contributed by atoms with Crippen LogP contribution in [0.1, 0.15) is 46.8 Å². The zero-order valence-corrected chi connectivity index (χ0v) is 12.7. The summed E-state index contributed by atoms with van der Waals surface area (Å²) >= 11 is 0. The maximum absolute atomic E-state index is 11.5. The topological polar surface area (TPSA) is 51.5 Å². The molecule has 2 rings (SSSR count). The number of furan rings is 1. The Morgan fingerprint density at radius 2 is 1.95 bits per heavy atom. The number of esters is 1. The van der Waals surface area contributed by atoms with Crippen LogP contribution in [0.2, 0.25) is 0 Å². The van der Waals surface area contributed by atoms with Crippen LogP contribution >= 0.6 is 0 Å². The lowest BCUT2D eigenvalue weighted by molar-refractivity contribution is 0.0562. The quantitative estimate of drug-likeness (QED) is 0.827. The van der Waals surface area contributed by atoms with E-state index < -0.39 is 5.97 Å². The average Bonchev–Trinajstić information content (AvgIpc) is 2.98. The highest BCUT2D eigenvalue weighted by Gasteiger charge is 2.19. The first-order chi connectivity index (χ1) is 10.2. The number of carbonyl (C=O) groups excluding carboxylic acids is 1. The summed E-state index contributed by atoms with van der Waals surface area (Å²) in [6, 6.07) is 11.7. The third kappa shape index (κ3) is 3.73. The van der Waals surface area contributed by atoms with E-state index in [0.717, 1.165) is 18.5 Å². The fourth-order valence-electron chi connectivity index (χ4n) is 2.15. The first-order valence-electron chi connectivity index (χ1n) is 7.13. The van der Waals surface area contributed by atoms with Gasteiger partial charge in [0.2, 0.25) is 5.76 Å². The van der Waals surface area contributed by atoms with Crippen molar-refractivity contribution < 1.29 is 13.9 Å². The molecule has 0 saturated carbocycles. The molecule has 0 fully saturated rings. The monoisotopic (exact) mass is 287 g/mol. The number of carbonyl (C=O) groups is 1. The van der Waals surface area contributed by atoms with Crippen molar-refractivity contribution in [3.05, 3.63) is 59.0 Å². The van der Waals surface area contributed by atoms with Crippen LogP contribution in [0.5, 0.6) is 0 Å². The Morgan fingerprint density at radius 1 is 1.24 bits per heavy atom. The van der Waals surface area contributed by atoms with E-state index in [1.807, 2.05) is 6.07 Å². The standard InChI is InChI=1S/C17H21NO3/c1-4-11-18-16(13-7-5-12(2)6-8-13)14-9-10-15(21-14)17(19)20-3/h5-10,16,18H,4,11H2,1-3H3. The summed E-state index contributed by atoms with van der Waals surface area (Å²) in [7, 11) is 1.34. The van der Waals surface area contributed by atoms with Gasteiger partial charge in [0, 0.05) is 0 Å². The van der Waals surface area contributed by atoms with Gasteiger partial charge in [-0.2, -0.15) is 0 Å². The van der Waals surface area contributed by atoms with Crippen molar-refractivity contribution in [3.63, 3.8) is 0 Å². The van der Waals surface area contributed by atoms with Gasteiger partial charge >= 0.3 is 5.97 Å². The number of aryl methyl sites for hydroxylation is 1. The van der Waals surface area contributed by atoms with Gasteiger partial charge in [-0.25, -0.2) is 4.79 Å². The number of hydrogen-bond acceptors (Lipinski definition) is 4. The van der Waals surface area contributed by atoms with E-state index in [-0.39, 0.29) is 11.8 Å². The molecule has 1 aromatic heterocycles. The molecule has 0 saturated heterocycles. The second-order valence-electron chi connectivity index (χ2n) is 4.99. The Bertz CT molecular complexity index is 586. The van der Waals surface area contributed by atoms with E-state index in [9.17, 15) is 4.79 Å². The molecule has 0 aliphatic heterocycles. The SMILES string of the molecule is CCCNC(c1ccc(C)cc1)c1ccc(C(=O)OC)o1. The van der Waals surface area contributed by atoms with E-state index >= 15 is 0 Å². The van der Waals surface area contributed by atoms with Gasteiger partial charge in [-0.05, 0) is 37.6 Å². The molecule has 0 aliphatic carbocycles. The number of methoxy groups -OCH3 is 1. The van der Waals surface area contributed by atoms with Crippen molar-refractivity contribution in [2.24, 2.45) is 0 Å². The van der Waals surface area contributed by atoms with Crippen molar-refractivity contribution in [1.82, 2.24) is 5.32 Å². The molecule has 21 heavy (non-hydrogen) atoms. The van der Waals surface area contributed by atoms with E-state index in [4.69, 9.17) is 4.42 Å². The largest absolute Gasteiger partial charge is 0.463 e. The van der Waals surface area contributed by atoms with Crippen LogP contribution in [0.3, 0.4) is 0 Å². The second-order valence-corrected chi connectivity index (χ2v) is 4.99. The van der Waals surface area contributed by atoms with Gasteiger partial charge < -0.3 is 14.5 Å². The van der Waals surface area contributed by atoms with Crippen molar-refractivity contribution in [2.45, 2.75) is 26.3 Å². The average molecular weight is 287 g/mol. The highest BCUT2D eigenvalue weighted by molar-refractivity contribution is 5.86. The Kier molecular flexibility index (Phi) is 5.17. The lowest BCUT2D eigenvalue weighted by Crippen LogP contribution is -2.22. The molecule has 1 atom stereocenters. The Labute approximate surface area is 125 Å². The van der Waals surface area contributed by atoms with Crippen LogP contribution in [-0.4, -0.2) is 19.6 Å². The number of rotatable bonds is 6. The normalized spacial score (nSPS) is 12.1. The molecular formula is C17H21NO3. The first kappa shape index (κ1) is 15.3. The van der Waals surface area contributed by atoms with Crippen molar-refractivity contribution in [3.8, 4) is 0 Å². The predicted molar refractivity (Wildman–Crippen MR) is 81.4 cm³/mol. The van der Waals surface area contributed by atoms with Gasteiger partial charge in [0.15, 0.2) is 0 Å². The third-order valence-corrected chi connectivity index (χ3v) is 3.31. The van der Waals surface area contributed by atoms with Gasteiger partial charge in [-0.15, -0.1) is 0 Å². The molecular weight excluding hydrogens is 266 g/mol. The number of hydrogen-bond donors (Lipinski definition) is 1. The minimum atomic E-state index is -0.459. The summed E-state index contributed by atoms with van der Waals surface area (Å²) in [5, 5.41) is 3.45. The fraction of sp³-hybridized carbons (Fsp3) is 0.353. The lowest BCUT2D eigenvalue weighted by Gasteiger charge is -2.17. The summed E-state index contributed by atoms with van der Waals surface area (Å²) in [5.41, 5.74) is 2.32. The minimum absolute atomic E-state index is 0.0658. The summed E-state index contributed by atoms with van der Waals surface area (Å²) in [5.74, 6) is 0.481. The molecule has 4 heteroatoms. The first-order valence-corrected chi connectivity index (χ1v) is 7.13. The minimum Gasteiger partial charge on any atom is -0.463 e. The molecule has 0 radical (unpaired) electrons. The predicted octanol–water partition coefficient (Wildman–Crippen LogP) is 3.46. The molecule has 1 heterocycles. The fourth-order valence-corrected chi connectivity index (χ4v) is 2.15. The molecule has 0 bridgehead atoms. The van der Waals surface area contributed by atoms with E-state index in [2.05, 4.69) is 48.2 Å². The van der Waals surface area contributed by atoms with Crippen LogP contribution < -0.4 is 5.32 Å². The number of nitrogens with one attached hydrogen (secondary N) is 1. The smallest absolute Gasteiger partial charge is 0.373 e. The summed E-state index contributed by atoms with van der Waals surface area (Å²) in [6.07, 6.45) is 1.02. The Hall–Kier alpha value is -2.07. The Morgan fingerprint density at radius 3 is 2.57 bits per heavy atom. The second kappa shape index (κ2) is 7.09. The van der Waals surface area contributed by atoms with Crippen LogP contribution in [0.25, 0.3) is 0 Å². The molecule has 1 aromatic carbocycles. The molecule has 2 aromatic rings.